The molecular formula is C24H20BrN3O4. The monoisotopic (exact) mass is 493 g/mol. The summed E-state index contributed by atoms with van der Waals surface area (Å²) >= 11 is 3.37. The van der Waals surface area contributed by atoms with Crippen molar-refractivity contribution in [2.24, 2.45) is 0 Å². The summed E-state index contributed by atoms with van der Waals surface area (Å²) in [7, 11) is 3.02. The van der Waals surface area contributed by atoms with Crippen molar-refractivity contribution in [1.29, 1.82) is 0 Å². The van der Waals surface area contributed by atoms with Gasteiger partial charge in [-0.3, -0.25) is 9.59 Å². The molecule has 1 amide bonds. The number of hydrogen-bond acceptors (Lipinski definition) is 5. The molecule has 162 valence electrons. The van der Waals surface area contributed by atoms with E-state index in [9.17, 15) is 9.59 Å². The highest BCUT2D eigenvalue weighted by Gasteiger charge is 2.26. The molecule has 0 unspecified atom stereocenters. The Balaban J connectivity index is 1.80. The number of nitrogens with two attached hydrogens (primary N) is 1. The standard InChI is InChI=1S/C24H20BrN3O4/c1-31-18-11-6-14(13-19(18)32-2)23(29)22-21(26)20(17-5-3-4-12-28(17)22)24(30)27-16-9-7-15(25)8-10-16/h3-13H,26H2,1-2H3,(H,27,30). The molecule has 0 aliphatic rings. The summed E-state index contributed by atoms with van der Waals surface area (Å²) in [6.45, 7) is 0. The van der Waals surface area contributed by atoms with E-state index < -0.39 is 5.91 Å². The number of nitrogens with zero attached hydrogens (tertiary/aromatic N) is 1. The van der Waals surface area contributed by atoms with Gasteiger partial charge in [0.15, 0.2) is 11.5 Å². The Morgan fingerprint density at radius 3 is 2.38 bits per heavy atom. The third kappa shape index (κ3) is 3.80. The number of ketones is 1. The number of methoxy groups -OCH3 is 2. The SMILES string of the molecule is COc1ccc(C(=O)c2c(N)c(C(=O)Nc3ccc(Br)cc3)c3ccccn23)cc1OC. The Morgan fingerprint density at radius 1 is 0.969 bits per heavy atom. The lowest BCUT2D eigenvalue weighted by Crippen LogP contribution is -2.14. The summed E-state index contributed by atoms with van der Waals surface area (Å²) in [5, 5.41) is 2.84. The fourth-order valence-electron chi connectivity index (χ4n) is 3.54. The van der Waals surface area contributed by atoms with Crippen LogP contribution in [0.2, 0.25) is 0 Å². The second kappa shape index (κ2) is 8.76. The van der Waals surface area contributed by atoms with Crippen LogP contribution in [0.3, 0.4) is 0 Å². The van der Waals surface area contributed by atoms with Gasteiger partial charge in [-0.1, -0.05) is 22.0 Å². The number of aromatic nitrogens is 1. The van der Waals surface area contributed by atoms with Crippen molar-refractivity contribution in [1.82, 2.24) is 4.40 Å². The highest BCUT2D eigenvalue weighted by molar-refractivity contribution is 9.10. The van der Waals surface area contributed by atoms with E-state index in [1.54, 1.807) is 59.1 Å². The second-order valence-corrected chi connectivity index (χ2v) is 7.87. The van der Waals surface area contributed by atoms with E-state index in [4.69, 9.17) is 15.2 Å². The third-order valence-electron chi connectivity index (χ3n) is 5.07. The Morgan fingerprint density at radius 2 is 1.69 bits per heavy atom. The Bertz CT molecular complexity index is 1330. The van der Waals surface area contributed by atoms with Gasteiger partial charge in [0.25, 0.3) is 5.91 Å². The zero-order chi connectivity index (χ0) is 22.8. The van der Waals surface area contributed by atoms with Gasteiger partial charge in [0, 0.05) is 21.9 Å². The van der Waals surface area contributed by atoms with Crippen LogP contribution >= 0.6 is 15.9 Å². The summed E-state index contributed by atoms with van der Waals surface area (Å²) < 4.78 is 13.1. The van der Waals surface area contributed by atoms with Crippen LogP contribution in [0.1, 0.15) is 26.4 Å². The maximum absolute atomic E-state index is 13.4. The Kier molecular flexibility index (Phi) is 5.87. The number of nitrogen functional groups attached to an aromatic ring is 1. The van der Waals surface area contributed by atoms with Crippen molar-refractivity contribution in [3.05, 3.63) is 88.2 Å². The number of halogens is 1. The predicted octanol–water partition coefficient (Wildman–Crippen LogP) is 4.78. The maximum Gasteiger partial charge on any atom is 0.259 e. The van der Waals surface area contributed by atoms with Gasteiger partial charge >= 0.3 is 0 Å². The molecule has 0 fully saturated rings. The summed E-state index contributed by atoms with van der Waals surface area (Å²) in [4.78, 5) is 26.6. The first-order valence-electron chi connectivity index (χ1n) is 9.66. The first-order valence-corrected chi connectivity index (χ1v) is 10.5. The number of anilines is 2. The highest BCUT2D eigenvalue weighted by atomic mass is 79.9. The number of amides is 1. The zero-order valence-electron chi connectivity index (χ0n) is 17.4. The molecule has 2 heterocycles. The highest BCUT2D eigenvalue weighted by Crippen LogP contribution is 2.32. The van der Waals surface area contributed by atoms with E-state index in [2.05, 4.69) is 21.2 Å². The molecule has 0 aliphatic heterocycles. The molecule has 0 aliphatic carbocycles. The molecule has 2 aromatic heterocycles. The van der Waals surface area contributed by atoms with Crippen molar-refractivity contribution >= 4 is 44.5 Å². The van der Waals surface area contributed by atoms with Crippen LogP contribution in [-0.4, -0.2) is 30.3 Å². The topological polar surface area (TPSA) is 95.1 Å². The lowest BCUT2D eigenvalue weighted by molar-refractivity contribution is 0.102. The third-order valence-corrected chi connectivity index (χ3v) is 5.60. The fourth-order valence-corrected chi connectivity index (χ4v) is 3.80. The minimum atomic E-state index is -0.403. The number of nitrogens with one attached hydrogen (secondary N) is 1. The zero-order valence-corrected chi connectivity index (χ0v) is 19.0. The average molecular weight is 494 g/mol. The molecule has 0 saturated heterocycles. The number of pyridine rings is 1. The van der Waals surface area contributed by atoms with E-state index in [0.29, 0.717) is 28.3 Å². The minimum Gasteiger partial charge on any atom is -0.493 e. The van der Waals surface area contributed by atoms with Gasteiger partial charge < -0.3 is 24.9 Å². The van der Waals surface area contributed by atoms with Gasteiger partial charge in [0.2, 0.25) is 5.78 Å². The van der Waals surface area contributed by atoms with Crippen LogP contribution < -0.4 is 20.5 Å². The number of benzene rings is 2. The van der Waals surface area contributed by atoms with E-state index in [1.165, 1.54) is 14.2 Å². The van der Waals surface area contributed by atoms with Gasteiger partial charge in [-0.05, 0) is 54.6 Å². The van der Waals surface area contributed by atoms with Crippen molar-refractivity contribution in [3.8, 4) is 11.5 Å². The number of carbonyl (C=O) groups excluding carboxylic acids is 2. The molecule has 0 bridgehead atoms. The second-order valence-electron chi connectivity index (χ2n) is 6.95. The molecule has 0 spiro atoms. The summed E-state index contributed by atoms with van der Waals surface area (Å²) in [6, 6.07) is 17.4. The van der Waals surface area contributed by atoms with Crippen LogP contribution in [0.4, 0.5) is 11.4 Å². The lowest BCUT2D eigenvalue weighted by Gasteiger charge is -2.09. The van der Waals surface area contributed by atoms with E-state index in [-0.39, 0.29) is 22.7 Å². The molecule has 0 radical (unpaired) electrons. The van der Waals surface area contributed by atoms with E-state index in [1.807, 2.05) is 12.1 Å². The van der Waals surface area contributed by atoms with Gasteiger partial charge in [-0.2, -0.15) is 0 Å². The van der Waals surface area contributed by atoms with Crippen molar-refractivity contribution < 1.29 is 19.1 Å². The van der Waals surface area contributed by atoms with Crippen LogP contribution in [0.15, 0.2) is 71.3 Å². The molecule has 7 nitrogen and oxygen atoms in total. The van der Waals surface area contributed by atoms with Crippen LogP contribution in [0.5, 0.6) is 11.5 Å². The summed E-state index contributed by atoms with van der Waals surface area (Å²) in [5.74, 6) is 0.185. The number of rotatable bonds is 6. The van der Waals surface area contributed by atoms with Gasteiger partial charge in [0.1, 0.15) is 5.69 Å². The summed E-state index contributed by atoms with van der Waals surface area (Å²) in [5.41, 5.74) is 8.43. The smallest absolute Gasteiger partial charge is 0.259 e. The normalized spacial score (nSPS) is 10.7. The summed E-state index contributed by atoms with van der Waals surface area (Å²) in [6.07, 6.45) is 1.70. The molecular weight excluding hydrogens is 474 g/mol. The van der Waals surface area contributed by atoms with Gasteiger partial charge in [-0.25, -0.2) is 0 Å². The number of carbonyl (C=O) groups is 2. The molecule has 8 heteroatoms. The molecule has 2 aromatic carbocycles. The van der Waals surface area contributed by atoms with E-state index >= 15 is 0 Å². The lowest BCUT2D eigenvalue weighted by atomic mass is 10.1. The molecule has 0 saturated carbocycles. The maximum atomic E-state index is 13.4. The molecule has 4 aromatic rings. The Hall–Kier alpha value is -3.78. The number of ether oxygens (including phenoxy) is 2. The largest absolute Gasteiger partial charge is 0.493 e. The van der Waals surface area contributed by atoms with Crippen LogP contribution in [-0.2, 0) is 0 Å². The molecule has 32 heavy (non-hydrogen) atoms. The van der Waals surface area contributed by atoms with E-state index in [0.717, 1.165) is 4.47 Å². The predicted molar refractivity (Wildman–Crippen MR) is 127 cm³/mol. The molecule has 3 N–H and O–H groups in total. The quantitative estimate of drug-likeness (QED) is 0.376. The fraction of sp³-hybridized carbons (Fsp3) is 0.0833. The number of hydrogen-bond donors (Lipinski definition) is 2. The van der Waals surface area contributed by atoms with Gasteiger partial charge in [0.05, 0.1) is 31.0 Å². The minimum absolute atomic E-state index is 0.102. The molecule has 4 rings (SSSR count). The van der Waals surface area contributed by atoms with Crippen molar-refractivity contribution in [3.63, 3.8) is 0 Å². The molecule has 0 atom stereocenters. The average Bonchev–Trinajstić information content (AvgIpc) is 3.11. The number of fused-ring (bicyclic) bond motifs is 1. The van der Waals surface area contributed by atoms with Crippen molar-refractivity contribution in [2.75, 3.05) is 25.3 Å². The van der Waals surface area contributed by atoms with Crippen LogP contribution in [0, 0.1) is 0 Å². The van der Waals surface area contributed by atoms with Crippen LogP contribution in [0.25, 0.3) is 5.52 Å². The Labute approximate surface area is 192 Å². The van der Waals surface area contributed by atoms with Crippen molar-refractivity contribution in [2.45, 2.75) is 0 Å². The first-order chi connectivity index (χ1) is 15.4. The first kappa shape index (κ1) is 21.5. The van der Waals surface area contributed by atoms with Gasteiger partial charge in [-0.15, -0.1) is 0 Å².